The van der Waals surface area contributed by atoms with E-state index in [-0.39, 0.29) is 31.1 Å². The van der Waals surface area contributed by atoms with E-state index in [1.54, 1.807) is 0 Å². The lowest BCUT2D eigenvalue weighted by Crippen LogP contribution is -2.30. The monoisotopic (exact) mass is 1020 g/mol. The highest BCUT2D eigenvalue weighted by atomic mass is 16.6. The Balaban J connectivity index is 4.16. The SMILES string of the molecule is CC/C=C\C/C=C\C/C=C\C/C=C\C/C=C\C/C=C\CCCCCCCCCCC(=O)OCC(COC(=O)CCCCCCCC)OC(=O)CCCCCCCCCCCC/C=C\C/C=C\C/C=C\C/C=C\CC. The van der Waals surface area contributed by atoms with Gasteiger partial charge in [-0.25, -0.2) is 0 Å². The first-order valence-corrected chi connectivity index (χ1v) is 30.5. The lowest BCUT2D eigenvalue weighted by atomic mass is 10.0. The molecule has 6 heteroatoms. The molecule has 0 saturated carbocycles. The second kappa shape index (κ2) is 61.4. The molecule has 0 radical (unpaired) electrons. The summed E-state index contributed by atoms with van der Waals surface area (Å²) in [6.07, 6.45) is 85.1. The average molecular weight is 1030 g/mol. The molecule has 0 amide bonds. The van der Waals surface area contributed by atoms with Crippen molar-refractivity contribution >= 4 is 17.9 Å². The third kappa shape index (κ3) is 58.7. The predicted octanol–water partition coefficient (Wildman–Crippen LogP) is 20.8. The Morgan fingerprint density at radius 2 is 0.527 bits per heavy atom. The van der Waals surface area contributed by atoms with Gasteiger partial charge in [-0.1, -0.05) is 264 Å². The molecule has 0 saturated heterocycles. The van der Waals surface area contributed by atoms with Gasteiger partial charge in [0.15, 0.2) is 6.10 Å². The predicted molar refractivity (Wildman–Crippen MR) is 320 cm³/mol. The van der Waals surface area contributed by atoms with Crippen LogP contribution in [-0.4, -0.2) is 37.2 Å². The highest BCUT2D eigenvalue weighted by Gasteiger charge is 2.19. The highest BCUT2D eigenvalue weighted by molar-refractivity contribution is 5.71. The van der Waals surface area contributed by atoms with E-state index in [0.717, 1.165) is 128 Å². The lowest BCUT2D eigenvalue weighted by Gasteiger charge is -2.18. The second-order valence-electron chi connectivity index (χ2n) is 19.9. The molecule has 1 atom stereocenters. The quantitative estimate of drug-likeness (QED) is 0.0261. The van der Waals surface area contributed by atoms with Crippen LogP contribution in [0.5, 0.6) is 0 Å². The standard InChI is InChI=1S/C68H112O6/c1-4-7-10-13-16-18-20-22-24-26-28-30-32-33-34-35-37-38-40-42-44-46-48-50-52-55-58-61-67(70)73-64-65(63-72-66(69)60-57-54-15-12-9-6-3)74-68(71)62-59-56-53-51-49-47-45-43-41-39-36-31-29-27-25-23-21-19-17-14-11-8-5-2/h7-8,10-11,16-19,22-25,28-31,33-34,37-38,65H,4-6,9,12-15,20-21,26-27,32,35-36,39-64H2,1-3H3/b10-7-,11-8-,18-16-,19-17-,24-22-,25-23-,30-28-,31-29-,34-33-,38-37-. The number of hydrogen-bond donors (Lipinski definition) is 0. The van der Waals surface area contributed by atoms with Gasteiger partial charge in [0.05, 0.1) is 0 Å². The van der Waals surface area contributed by atoms with E-state index in [4.69, 9.17) is 14.2 Å². The Hall–Kier alpha value is -4.19. The minimum absolute atomic E-state index is 0.0838. The van der Waals surface area contributed by atoms with Gasteiger partial charge in [0.1, 0.15) is 13.2 Å². The molecule has 420 valence electrons. The van der Waals surface area contributed by atoms with Crippen LogP contribution in [0.2, 0.25) is 0 Å². The van der Waals surface area contributed by atoms with Gasteiger partial charge in [-0.15, -0.1) is 0 Å². The molecule has 0 aromatic carbocycles. The van der Waals surface area contributed by atoms with E-state index in [0.29, 0.717) is 19.3 Å². The largest absolute Gasteiger partial charge is 0.462 e. The molecule has 0 aliphatic heterocycles. The number of carbonyl (C=O) groups excluding carboxylic acids is 3. The van der Waals surface area contributed by atoms with E-state index < -0.39 is 6.10 Å². The van der Waals surface area contributed by atoms with E-state index >= 15 is 0 Å². The van der Waals surface area contributed by atoms with E-state index in [9.17, 15) is 14.4 Å². The second-order valence-corrected chi connectivity index (χ2v) is 19.9. The zero-order chi connectivity index (χ0) is 53.6. The van der Waals surface area contributed by atoms with Gasteiger partial charge in [-0.05, 0) is 109 Å². The Morgan fingerprint density at radius 1 is 0.284 bits per heavy atom. The van der Waals surface area contributed by atoms with Crippen molar-refractivity contribution in [2.24, 2.45) is 0 Å². The van der Waals surface area contributed by atoms with Crippen LogP contribution in [-0.2, 0) is 28.6 Å². The van der Waals surface area contributed by atoms with Gasteiger partial charge >= 0.3 is 17.9 Å². The van der Waals surface area contributed by atoms with Crippen LogP contribution in [0.3, 0.4) is 0 Å². The van der Waals surface area contributed by atoms with Gasteiger partial charge in [-0.3, -0.25) is 14.4 Å². The van der Waals surface area contributed by atoms with Crippen LogP contribution in [0.1, 0.15) is 271 Å². The minimum Gasteiger partial charge on any atom is -0.462 e. The molecule has 74 heavy (non-hydrogen) atoms. The van der Waals surface area contributed by atoms with Crippen molar-refractivity contribution in [2.45, 2.75) is 277 Å². The lowest BCUT2D eigenvalue weighted by molar-refractivity contribution is -0.167. The first-order valence-electron chi connectivity index (χ1n) is 30.5. The number of rotatable bonds is 54. The molecule has 0 rings (SSSR count). The normalized spacial score (nSPS) is 13.0. The van der Waals surface area contributed by atoms with Gasteiger partial charge in [-0.2, -0.15) is 0 Å². The molecule has 0 heterocycles. The van der Waals surface area contributed by atoms with Crippen molar-refractivity contribution < 1.29 is 28.6 Å². The topological polar surface area (TPSA) is 78.9 Å². The molecular formula is C68H112O6. The van der Waals surface area contributed by atoms with Crippen LogP contribution >= 0.6 is 0 Å². The number of carbonyl (C=O) groups is 3. The minimum atomic E-state index is -0.784. The zero-order valence-electron chi connectivity index (χ0n) is 48.1. The van der Waals surface area contributed by atoms with Crippen LogP contribution in [0.25, 0.3) is 0 Å². The number of unbranched alkanes of at least 4 members (excludes halogenated alkanes) is 23. The molecule has 1 unspecified atom stereocenters. The molecule has 0 bridgehead atoms. The van der Waals surface area contributed by atoms with Crippen molar-refractivity contribution in [3.05, 3.63) is 122 Å². The third-order valence-corrected chi connectivity index (χ3v) is 12.7. The van der Waals surface area contributed by atoms with Crippen molar-refractivity contribution in [3.63, 3.8) is 0 Å². The summed E-state index contributed by atoms with van der Waals surface area (Å²) in [4.78, 5) is 38.0. The molecule has 0 aliphatic rings. The Kier molecular flexibility index (Phi) is 57.9. The van der Waals surface area contributed by atoms with Crippen LogP contribution < -0.4 is 0 Å². The summed E-state index contributed by atoms with van der Waals surface area (Å²) in [6.45, 7) is 6.35. The summed E-state index contributed by atoms with van der Waals surface area (Å²) in [5.74, 6) is -0.905. The van der Waals surface area contributed by atoms with Crippen molar-refractivity contribution in [1.29, 1.82) is 0 Å². The summed E-state index contributed by atoms with van der Waals surface area (Å²) in [6, 6.07) is 0. The molecule has 0 aromatic heterocycles. The van der Waals surface area contributed by atoms with E-state index in [1.807, 2.05) is 0 Å². The fraction of sp³-hybridized carbons (Fsp3) is 0.662. The first-order chi connectivity index (χ1) is 36.5. The van der Waals surface area contributed by atoms with Crippen molar-refractivity contribution in [3.8, 4) is 0 Å². The van der Waals surface area contributed by atoms with Crippen LogP contribution in [0.15, 0.2) is 122 Å². The highest BCUT2D eigenvalue weighted by Crippen LogP contribution is 2.15. The van der Waals surface area contributed by atoms with Gasteiger partial charge in [0, 0.05) is 19.3 Å². The Bertz CT molecular complexity index is 1550. The fourth-order valence-electron chi connectivity index (χ4n) is 8.20. The molecular weight excluding hydrogens is 913 g/mol. The van der Waals surface area contributed by atoms with Gasteiger partial charge in [0.25, 0.3) is 0 Å². The van der Waals surface area contributed by atoms with Crippen molar-refractivity contribution in [2.75, 3.05) is 13.2 Å². The maximum absolute atomic E-state index is 12.8. The molecule has 6 nitrogen and oxygen atoms in total. The summed E-state index contributed by atoms with van der Waals surface area (Å²) in [5, 5.41) is 0. The maximum atomic E-state index is 12.8. The Morgan fingerprint density at radius 3 is 0.824 bits per heavy atom. The third-order valence-electron chi connectivity index (χ3n) is 12.7. The van der Waals surface area contributed by atoms with Crippen LogP contribution in [0, 0.1) is 0 Å². The molecule has 0 aliphatic carbocycles. The summed E-state index contributed by atoms with van der Waals surface area (Å²) >= 11 is 0. The number of hydrogen-bond acceptors (Lipinski definition) is 6. The number of esters is 3. The Labute approximate surface area is 456 Å². The average Bonchev–Trinajstić information content (AvgIpc) is 3.40. The van der Waals surface area contributed by atoms with Crippen LogP contribution in [0.4, 0.5) is 0 Å². The molecule has 0 spiro atoms. The molecule has 0 N–H and O–H groups in total. The number of ether oxygens (including phenoxy) is 3. The maximum Gasteiger partial charge on any atom is 0.306 e. The smallest absolute Gasteiger partial charge is 0.306 e. The van der Waals surface area contributed by atoms with E-state index in [2.05, 4.69) is 142 Å². The van der Waals surface area contributed by atoms with Gasteiger partial charge < -0.3 is 14.2 Å². The fourth-order valence-corrected chi connectivity index (χ4v) is 8.20. The first kappa shape index (κ1) is 69.8. The molecule has 0 aromatic rings. The summed E-state index contributed by atoms with van der Waals surface area (Å²) < 4.78 is 16.8. The summed E-state index contributed by atoms with van der Waals surface area (Å²) in [7, 11) is 0. The molecule has 0 fully saturated rings. The van der Waals surface area contributed by atoms with E-state index in [1.165, 1.54) is 103 Å². The number of allylic oxidation sites excluding steroid dienone is 20. The zero-order valence-corrected chi connectivity index (χ0v) is 48.1. The van der Waals surface area contributed by atoms with Gasteiger partial charge in [0.2, 0.25) is 0 Å². The van der Waals surface area contributed by atoms with Crippen molar-refractivity contribution in [1.82, 2.24) is 0 Å². The summed E-state index contributed by atoms with van der Waals surface area (Å²) in [5.41, 5.74) is 0.